The summed E-state index contributed by atoms with van der Waals surface area (Å²) in [5, 5.41) is 19.7. The summed E-state index contributed by atoms with van der Waals surface area (Å²) < 4.78 is 37.9. The van der Waals surface area contributed by atoms with E-state index >= 15 is 0 Å². The Hall–Kier alpha value is -1.80. The van der Waals surface area contributed by atoms with Gasteiger partial charge in [-0.25, -0.2) is 0 Å². The molecule has 0 saturated carbocycles. The highest BCUT2D eigenvalue weighted by Gasteiger charge is 2.34. The molecule has 1 amide bonds. The van der Waals surface area contributed by atoms with E-state index in [0.717, 1.165) is 18.2 Å². The normalized spacial score (nSPS) is 10.9. The molecule has 0 fully saturated rings. The molecule has 1 aromatic carbocycles. The molecule has 0 atom stereocenters. The number of anilines is 1. The van der Waals surface area contributed by atoms with Crippen molar-refractivity contribution in [1.82, 2.24) is 0 Å². The van der Waals surface area contributed by atoms with Gasteiger partial charge in [0.1, 0.15) is 0 Å². The van der Waals surface area contributed by atoms with Gasteiger partial charge in [0, 0.05) is 0 Å². The number of rotatable bonds is 3. The van der Waals surface area contributed by atoms with E-state index in [1.165, 1.54) is 0 Å². The first-order valence-electron chi connectivity index (χ1n) is 4.76. The van der Waals surface area contributed by atoms with E-state index in [4.69, 9.17) is 10.0 Å². The molecule has 0 unspecified atom stereocenters. The van der Waals surface area contributed by atoms with Crippen LogP contribution in [-0.4, -0.2) is 23.1 Å². The van der Waals surface area contributed by atoms with Crippen molar-refractivity contribution in [2.24, 2.45) is 0 Å². The van der Waals surface area contributed by atoms with Gasteiger partial charge in [-0.05, 0) is 23.7 Å². The molecule has 0 spiro atoms. The number of amides is 1. The SMILES string of the molecule is C=CC(=O)Nc1cc(B(O)O)ccc1C(F)(F)F. The van der Waals surface area contributed by atoms with Gasteiger partial charge < -0.3 is 15.4 Å². The van der Waals surface area contributed by atoms with Gasteiger partial charge in [0.15, 0.2) is 0 Å². The minimum Gasteiger partial charge on any atom is -0.423 e. The second-order valence-electron chi connectivity index (χ2n) is 3.37. The van der Waals surface area contributed by atoms with Crippen LogP contribution in [0, 0.1) is 0 Å². The van der Waals surface area contributed by atoms with Crippen LogP contribution in [0.3, 0.4) is 0 Å². The third kappa shape index (κ3) is 3.35. The molecule has 0 bridgehead atoms. The fraction of sp³-hybridized carbons (Fsp3) is 0.100. The number of carbonyl (C=O) groups is 1. The van der Waals surface area contributed by atoms with Gasteiger partial charge in [0.25, 0.3) is 0 Å². The Morgan fingerprint density at radius 2 is 2.00 bits per heavy atom. The second-order valence-corrected chi connectivity index (χ2v) is 3.37. The topological polar surface area (TPSA) is 69.6 Å². The number of hydrogen-bond acceptors (Lipinski definition) is 3. The van der Waals surface area contributed by atoms with Crippen LogP contribution >= 0.6 is 0 Å². The summed E-state index contributed by atoms with van der Waals surface area (Å²) in [7, 11) is -1.92. The average Bonchev–Trinajstić information content (AvgIpc) is 2.27. The zero-order valence-electron chi connectivity index (χ0n) is 9.03. The number of hydrogen-bond donors (Lipinski definition) is 3. The average molecular weight is 259 g/mol. The van der Waals surface area contributed by atoms with Crippen LogP contribution in [0.2, 0.25) is 0 Å². The quantitative estimate of drug-likeness (QED) is 0.547. The zero-order chi connectivity index (χ0) is 13.9. The van der Waals surface area contributed by atoms with Gasteiger partial charge in [0.2, 0.25) is 5.91 Å². The maximum absolute atomic E-state index is 12.6. The summed E-state index contributed by atoms with van der Waals surface area (Å²) in [6.45, 7) is 3.11. The van der Waals surface area contributed by atoms with E-state index in [2.05, 4.69) is 6.58 Å². The lowest BCUT2D eigenvalue weighted by atomic mass is 9.79. The van der Waals surface area contributed by atoms with Crippen molar-refractivity contribution in [2.75, 3.05) is 5.32 Å². The zero-order valence-corrected chi connectivity index (χ0v) is 9.03. The molecule has 0 saturated heterocycles. The van der Waals surface area contributed by atoms with E-state index in [0.29, 0.717) is 6.07 Å². The van der Waals surface area contributed by atoms with E-state index in [1.54, 1.807) is 0 Å². The van der Waals surface area contributed by atoms with Crippen LogP contribution in [-0.2, 0) is 11.0 Å². The second kappa shape index (κ2) is 5.24. The predicted octanol–water partition coefficient (Wildman–Crippen LogP) is 0.510. The summed E-state index contributed by atoms with van der Waals surface area (Å²) in [5.41, 5.74) is -1.80. The van der Waals surface area contributed by atoms with Crippen molar-refractivity contribution in [3.05, 3.63) is 36.4 Å². The van der Waals surface area contributed by atoms with Crippen LogP contribution in [0.1, 0.15) is 5.56 Å². The lowest BCUT2D eigenvalue weighted by Crippen LogP contribution is -2.31. The molecule has 0 heterocycles. The largest absolute Gasteiger partial charge is 0.488 e. The molecule has 4 nitrogen and oxygen atoms in total. The van der Waals surface area contributed by atoms with Crippen molar-refractivity contribution in [1.29, 1.82) is 0 Å². The molecule has 3 N–H and O–H groups in total. The van der Waals surface area contributed by atoms with Crippen molar-refractivity contribution in [3.63, 3.8) is 0 Å². The van der Waals surface area contributed by atoms with E-state index in [1.807, 2.05) is 5.32 Å². The number of benzene rings is 1. The first-order valence-corrected chi connectivity index (χ1v) is 4.76. The molecule has 0 aliphatic carbocycles. The summed E-state index contributed by atoms with van der Waals surface area (Å²) in [6.07, 6.45) is -3.86. The van der Waals surface area contributed by atoms with Crippen LogP contribution in [0.5, 0.6) is 0 Å². The van der Waals surface area contributed by atoms with Gasteiger partial charge in [-0.2, -0.15) is 13.2 Å². The maximum atomic E-state index is 12.6. The Labute approximate surface area is 101 Å². The van der Waals surface area contributed by atoms with Crippen LogP contribution in [0.25, 0.3) is 0 Å². The molecule has 0 aliphatic rings. The minimum atomic E-state index is -4.66. The molecular formula is C10H9BF3NO3. The van der Waals surface area contributed by atoms with Gasteiger partial charge in [-0.3, -0.25) is 4.79 Å². The van der Waals surface area contributed by atoms with Gasteiger partial charge >= 0.3 is 13.3 Å². The highest BCUT2D eigenvalue weighted by atomic mass is 19.4. The Morgan fingerprint density at radius 1 is 1.39 bits per heavy atom. The molecule has 0 aromatic heterocycles. The maximum Gasteiger partial charge on any atom is 0.488 e. The molecule has 18 heavy (non-hydrogen) atoms. The molecule has 1 rings (SSSR count). The molecule has 0 radical (unpaired) electrons. The number of nitrogens with one attached hydrogen (secondary N) is 1. The molecular weight excluding hydrogens is 250 g/mol. The summed E-state index contributed by atoms with van der Waals surface area (Å²) in [5.74, 6) is -0.829. The van der Waals surface area contributed by atoms with Crippen LogP contribution in [0.4, 0.5) is 18.9 Å². The van der Waals surface area contributed by atoms with Crippen molar-refractivity contribution >= 4 is 24.2 Å². The minimum absolute atomic E-state index is 0.164. The number of alkyl halides is 3. The van der Waals surface area contributed by atoms with E-state index in [9.17, 15) is 18.0 Å². The highest BCUT2D eigenvalue weighted by Crippen LogP contribution is 2.34. The fourth-order valence-corrected chi connectivity index (χ4v) is 1.26. The first-order chi connectivity index (χ1) is 8.25. The monoisotopic (exact) mass is 259 g/mol. The lowest BCUT2D eigenvalue weighted by Gasteiger charge is -2.14. The fourth-order valence-electron chi connectivity index (χ4n) is 1.26. The third-order valence-corrected chi connectivity index (χ3v) is 2.09. The third-order valence-electron chi connectivity index (χ3n) is 2.09. The highest BCUT2D eigenvalue weighted by molar-refractivity contribution is 6.58. The van der Waals surface area contributed by atoms with E-state index < -0.39 is 30.5 Å². The van der Waals surface area contributed by atoms with Crippen LogP contribution < -0.4 is 10.8 Å². The predicted molar refractivity (Wildman–Crippen MR) is 60.1 cm³/mol. The summed E-state index contributed by atoms with van der Waals surface area (Å²) in [4.78, 5) is 11.0. The van der Waals surface area contributed by atoms with Crippen molar-refractivity contribution in [3.8, 4) is 0 Å². The number of carbonyl (C=O) groups excluding carboxylic acids is 1. The Balaban J connectivity index is 3.26. The Kier molecular flexibility index (Phi) is 4.15. The Morgan fingerprint density at radius 3 is 2.44 bits per heavy atom. The van der Waals surface area contributed by atoms with E-state index in [-0.39, 0.29) is 5.46 Å². The summed E-state index contributed by atoms with van der Waals surface area (Å²) in [6, 6.07) is 2.42. The van der Waals surface area contributed by atoms with Gasteiger partial charge in [0.05, 0.1) is 11.3 Å². The van der Waals surface area contributed by atoms with Crippen molar-refractivity contribution in [2.45, 2.75) is 6.18 Å². The Bertz CT molecular complexity index is 474. The number of halogens is 3. The first kappa shape index (κ1) is 14.3. The smallest absolute Gasteiger partial charge is 0.423 e. The molecule has 0 aliphatic heterocycles. The molecule has 8 heteroatoms. The lowest BCUT2D eigenvalue weighted by molar-refractivity contribution is -0.136. The van der Waals surface area contributed by atoms with Crippen molar-refractivity contribution < 1.29 is 28.0 Å². The molecule has 1 aromatic rings. The van der Waals surface area contributed by atoms with Crippen LogP contribution in [0.15, 0.2) is 30.9 Å². The van der Waals surface area contributed by atoms with Gasteiger partial charge in [-0.15, -0.1) is 0 Å². The van der Waals surface area contributed by atoms with Gasteiger partial charge in [-0.1, -0.05) is 12.6 Å². The molecule has 96 valence electrons. The standard InChI is InChI=1S/C10H9BF3NO3/c1-2-9(16)15-8-5-6(11(17)18)3-4-7(8)10(12,13)14/h2-5,17-18H,1H2,(H,15,16). The summed E-state index contributed by atoms with van der Waals surface area (Å²) >= 11 is 0.